The maximum Gasteiger partial charge on any atom is 0.314 e. The molecule has 3 N–H and O–H groups in total. The van der Waals surface area contributed by atoms with Gasteiger partial charge in [0, 0.05) is 19.7 Å². The van der Waals surface area contributed by atoms with E-state index in [1.807, 2.05) is 0 Å². The molecule has 0 aliphatic heterocycles. The van der Waals surface area contributed by atoms with E-state index >= 15 is 0 Å². The van der Waals surface area contributed by atoms with Crippen LogP contribution in [0.25, 0.3) is 0 Å². The lowest BCUT2D eigenvalue weighted by molar-refractivity contribution is 0.230. The zero-order chi connectivity index (χ0) is 13.7. The van der Waals surface area contributed by atoms with Crippen LogP contribution < -0.4 is 10.6 Å². The number of amides is 2. The van der Waals surface area contributed by atoms with Crippen LogP contribution in [0.4, 0.5) is 4.79 Å². The quantitative estimate of drug-likeness (QED) is 0.704. The van der Waals surface area contributed by atoms with Gasteiger partial charge in [-0.2, -0.15) is 0 Å². The first-order chi connectivity index (χ1) is 9.13. The van der Waals surface area contributed by atoms with Gasteiger partial charge in [0.15, 0.2) is 0 Å². The number of carbonyl (C=O) groups excluding carboxylic acids is 1. The third-order valence-corrected chi connectivity index (χ3v) is 3.65. The monoisotopic (exact) mass is 262 g/mol. The average Bonchev–Trinajstić information content (AvgIpc) is 2.73. The van der Waals surface area contributed by atoms with E-state index in [4.69, 9.17) is 5.11 Å². The second kappa shape index (κ2) is 6.06. The molecule has 0 aromatic heterocycles. The Kier molecular flexibility index (Phi) is 4.43. The Bertz CT molecular complexity index is 421. The zero-order valence-corrected chi connectivity index (χ0v) is 11.4. The molecule has 0 saturated heterocycles. The van der Waals surface area contributed by atoms with Gasteiger partial charge in [-0.1, -0.05) is 31.2 Å². The van der Waals surface area contributed by atoms with E-state index < -0.39 is 0 Å². The third-order valence-electron chi connectivity index (χ3n) is 3.65. The molecule has 104 valence electrons. The maximum absolute atomic E-state index is 11.6. The number of rotatable bonds is 5. The number of aliphatic hydroxyl groups is 1. The van der Waals surface area contributed by atoms with Crippen molar-refractivity contribution in [2.24, 2.45) is 5.41 Å². The molecule has 2 rings (SSSR count). The molecule has 0 radical (unpaired) electrons. The molecule has 19 heavy (non-hydrogen) atoms. The number of hydrogen-bond donors (Lipinski definition) is 3. The summed E-state index contributed by atoms with van der Waals surface area (Å²) in [5.74, 6) is 0. The van der Waals surface area contributed by atoms with Gasteiger partial charge in [-0.3, -0.25) is 0 Å². The van der Waals surface area contributed by atoms with Crippen molar-refractivity contribution < 1.29 is 9.90 Å². The summed E-state index contributed by atoms with van der Waals surface area (Å²) in [6.07, 6.45) is 2.62. The average molecular weight is 262 g/mol. The number of hydrogen-bond acceptors (Lipinski definition) is 2. The molecular weight excluding hydrogens is 240 g/mol. The van der Waals surface area contributed by atoms with Crippen LogP contribution in [0.2, 0.25) is 0 Å². The molecule has 0 atom stereocenters. The summed E-state index contributed by atoms with van der Waals surface area (Å²) in [5, 5.41) is 14.3. The lowest BCUT2D eigenvalue weighted by Crippen LogP contribution is -2.42. The van der Waals surface area contributed by atoms with Crippen LogP contribution >= 0.6 is 0 Å². The normalized spacial score (nSPS) is 15.9. The molecule has 1 aromatic carbocycles. The molecule has 0 spiro atoms. The molecule has 0 unspecified atom stereocenters. The van der Waals surface area contributed by atoms with Gasteiger partial charge in [-0.05, 0) is 35.8 Å². The smallest absolute Gasteiger partial charge is 0.314 e. The second-order valence-corrected chi connectivity index (χ2v) is 5.62. The molecule has 2 amide bonds. The maximum atomic E-state index is 11.6. The minimum Gasteiger partial charge on any atom is -0.396 e. The van der Waals surface area contributed by atoms with Crippen molar-refractivity contribution in [2.75, 3.05) is 19.7 Å². The predicted molar refractivity (Wildman–Crippen MR) is 75.1 cm³/mol. The summed E-state index contributed by atoms with van der Waals surface area (Å²) in [7, 11) is 0. The fourth-order valence-electron chi connectivity index (χ4n) is 2.65. The minimum absolute atomic E-state index is 0.104. The van der Waals surface area contributed by atoms with Crippen molar-refractivity contribution in [1.29, 1.82) is 0 Å². The summed E-state index contributed by atoms with van der Waals surface area (Å²) in [6.45, 7) is 3.50. The molecule has 1 aliphatic carbocycles. The minimum atomic E-state index is -0.148. The standard InChI is InChI=1S/C15H22N2O2/c1-15(11-17-14(19)16-7-4-8-18)9-12-5-2-3-6-13(12)10-15/h2-3,5-6,18H,4,7-11H2,1H3,(H2,16,17,19). The third kappa shape index (κ3) is 3.70. The van der Waals surface area contributed by atoms with Crippen LogP contribution in [0.15, 0.2) is 24.3 Å². The van der Waals surface area contributed by atoms with Crippen LogP contribution in [0.5, 0.6) is 0 Å². The molecule has 0 fully saturated rings. The SMILES string of the molecule is CC1(CNC(=O)NCCCO)Cc2ccccc2C1. The Labute approximate surface area is 114 Å². The highest BCUT2D eigenvalue weighted by molar-refractivity contribution is 5.73. The number of benzene rings is 1. The van der Waals surface area contributed by atoms with Crippen LogP contribution in [-0.4, -0.2) is 30.8 Å². The summed E-state index contributed by atoms with van der Waals surface area (Å²) in [4.78, 5) is 11.6. The Morgan fingerprint density at radius 3 is 2.47 bits per heavy atom. The number of aliphatic hydroxyl groups excluding tert-OH is 1. The van der Waals surface area contributed by atoms with E-state index in [1.165, 1.54) is 11.1 Å². The summed E-state index contributed by atoms with van der Waals surface area (Å²) >= 11 is 0. The van der Waals surface area contributed by atoms with E-state index in [-0.39, 0.29) is 18.1 Å². The van der Waals surface area contributed by atoms with Crippen molar-refractivity contribution in [3.05, 3.63) is 35.4 Å². The van der Waals surface area contributed by atoms with E-state index in [9.17, 15) is 4.79 Å². The van der Waals surface area contributed by atoms with Gasteiger partial charge in [-0.25, -0.2) is 4.79 Å². The Morgan fingerprint density at radius 1 is 1.26 bits per heavy atom. The van der Waals surface area contributed by atoms with Crippen molar-refractivity contribution in [2.45, 2.75) is 26.2 Å². The van der Waals surface area contributed by atoms with Gasteiger partial charge >= 0.3 is 6.03 Å². The number of nitrogens with one attached hydrogen (secondary N) is 2. The second-order valence-electron chi connectivity index (χ2n) is 5.62. The van der Waals surface area contributed by atoms with Gasteiger partial charge in [0.05, 0.1) is 0 Å². The molecule has 0 bridgehead atoms. The lowest BCUT2D eigenvalue weighted by atomic mass is 9.87. The predicted octanol–water partition coefficient (Wildman–Crippen LogP) is 1.47. The van der Waals surface area contributed by atoms with E-state index in [1.54, 1.807) is 0 Å². The fourth-order valence-corrected chi connectivity index (χ4v) is 2.65. The number of carbonyl (C=O) groups is 1. The zero-order valence-electron chi connectivity index (χ0n) is 11.4. The van der Waals surface area contributed by atoms with Gasteiger partial charge < -0.3 is 15.7 Å². The van der Waals surface area contributed by atoms with Crippen LogP contribution in [0, 0.1) is 5.41 Å². The highest BCUT2D eigenvalue weighted by Gasteiger charge is 2.32. The Hall–Kier alpha value is -1.55. The molecular formula is C15H22N2O2. The first kappa shape index (κ1) is 13.9. The van der Waals surface area contributed by atoms with Gasteiger partial charge in [0.1, 0.15) is 0 Å². The fraction of sp³-hybridized carbons (Fsp3) is 0.533. The van der Waals surface area contributed by atoms with Crippen LogP contribution in [0.1, 0.15) is 24.5 Å². The molecule has 0 heterocycles. The van der Waals surface area contributed by atoms with Crippen LogP contribution in [-0.2, 0) is 12.8 Å². The first-order valence-corrected chi connectivity index (χ1v) is 6.82. The highest BCUT2D eigenvalue weighted by atomic mass is 16.3. The lowest BCUT2D eigenvalue weighted by Gasteiger charge is -2.24. The van der Waals surface area contributed by atoms with Crippen molar-refractivity contribution in [3.63, 3.8) is 0 Å². The van der Waals surface area contributed by atoms with Gasteiger partial charge in [0.2, 0.25) is 0 Å². The number of urea groups is 1. The van der Waals surface area contributed by atoms with Crippen molar-refractivity contribution in [1.82, 2.24) is 10.6 Å². The molecule has 1 aromatic rings. The molecule has 1 aliphatic rings. The molecule has 4 nitrogen and oxygen atoms in total. The van der Waals surface area contributed by atoms with E-state index in [0.717, 1.165) is 12.8 Å². The van der Waals surface area contributed by atoms with Gasteiger partial charge in [0.25, 0.3) is 0 Å². The Balaban J connectivity index is 1.79. The highest BCUT2D eigenvalue weighted by Crippen LogP contribution is 2.35. The summed E-state index contributed by atoms with van der Waals surface area (Å²) < 4.78 is 0. The topological polar surface area (TPSA) is 61.4 Å². The molecule has 0 saturated carbocycles. The number of fused-ring (bicyclic) bond motifs is 1. The largest absolute Gasteiger partial charge is 0.396 e. The summed E-state index contributed by atoms with van der Waals surface area (Å²) in [5.41, 5.74) is 2.90. The van der Waals surface area contributed by atoms with E-state index in [0.29, 0.717) is 19.5 Å². The van der Waals surface area contributed by atoms with Crippen molar-refractivity contribution >= 4 is 6.03 Å². The summed E-state index contributed by atoms with van der Waals surface area (Å²) in [6, 6.07) is 8.33. The van der Waals surface area contributed by atoms with Crippen LogP contribution in [0.3, 0.4) is 0 Å². The Morgan fingerprint density at radius 2 is 1.89 bits per heavy atom. The van der Waals surface area contributed by atoms with E-state index in [2.05, 4.69) is 41.8 Å². The van der Waals surface area contributed by atoms with Gasteiger partial charge in [-0.15, -0.1) is 0 Å². The van der Waals surface area contributed by atoms with Crippen molar-refractivity contribution in [3.8, 4) is 0 Å². The molecule has 4 heteroatoms. The first-order valence-electron chi connectivity index (χ1n) is 6.82.